The molecule has 1 aromatic heterocycles. The molecule has 0 saturated heterocycles. The number of aliphatic hydroxyl groups is 1. The number of nitriles is 1. The van der Waals surface area contributed by atoms with E-state index in [1.54, 1.807) is 23.9 Å². The summed E-state index contributed by atoms with van der Waals surface area (Å²) in [5, 5.41) is 33.1. The molecule has 63 heavy (non-hydrogen) atoms. The quantitative estimate of drug-likeness (QED) is 0.0569. The van der Waals surface area contributed by atoms with Gasteiger partial charge in [0.2, 0.25) is 0 Å². The topological polar surface area (TPSA) is 191 Å². The van der Waals surface area contributed by atoms with Crippen molar-refractivity contribution in [2.24, 2.45) is 12.0 Å². The second-order valence-electron chi connectivity index (χ2n) is 15.9. The van der Waals surface area contributed by atoms with E-state index in [4.69, 9.17) is 5.26 Å². The summed E-state index contributed by atoms with van der Waals surface area (Å²) in [5.74, 6) is -2.67. The molecule has 328 valence electrons. The van der Waals surface area contributed by atoms with E-state index in [1.807, 2.05) is 24.3 Å². The van der Waals surface area contributed by atoms with Crippen LogP contribution < -0.4 is 16.0 Å². The lowest BCUT2D eigenvalue weighted by Gasteiger charge is -2.37. The number of aryl methyl sites for hydroxylation is 2. The SMILES string of the molecule is Cn1ncnc1[C@H]1C2=NCC(=O)c3cc(F)cc(c32)N[C@@H]1c1ccc(NCCCCCCCc2ccc(S(=O)(=O)CC(C)(O)C(=O)Nc3ccc(C#N)c(C(F)(F)F)c3)cc2)cc1. The number of ketones is 1. The number of carbonyl (C=O) groups excluding carboxylic acids is 2. The minimum atomic E-state index is -4.87. The number of Topliss-reactive ketones (excluding diaryl/α,β-unsaturated/α-hetero) is 1. The van der Waals surface area contributed by atoms with Crippen LogP contribution in [-0.4, -0.2) is 70.1 Å². The summed E-state index contributed by atoms with van der Waals surface area (Å²) in [6.45, 7) is 1.66. The highest BCUT2D eigenvalue weighted by Crippen LogP contribution is 2.45. The molecular weight excluding hydrogens is 841 g/mol. The monoisotopic (exact) mass is 884 g/mol. The van der Waals surface area contributed by atoms with Gasteiger partial charge < -0.3 is 21.1 Å². The summed E-state index contributed by atoms with van der Waals surface area (Å²) in [4.78, 5) is 34.6. The number of nitrogens with one attached hydrogen (secondary N) is 3. The summed E-state index contributed by atoms with van der Waals surface area (Å²) in [5.41, 5.74) is 0.144. The lowest BCUT2D eigenvalue weighted by atomic mass is 9.78. The summed E-state index contributed by atoms with van der Waals surface area (Å²) in [7, 11) is -2.38. The van der Waals surface area contributed by atoms with Gasteiger partial charge in [0.1, 0.15) is 24.5 Å². The van der Waals surface area contributed by atoms with Crippen LogP contribution in [0, 0.1) is 17.1 Å². The lowest BCUT2D eigenvalue weighted by Crippen LogP contribution is -2.45. The van der Waals surface area contributed by atoms with E-state index in [1.165, 1.54) is 36.7 Å². The highest BCUT2D eigenvalue weighted by Gasteiger charge is 2.42. The van der Waals surface area contributed by atoms with Crippen molar-refractivity contribution in [2.45, 2.75) is 74.1 Å². The number of hydrogen-bond donors (Lipinski definition) is 4. The molecule has 13 nitrogen and oxygen atoms in total. The maximum absolute atomic E-state index is 14.6. The molecule has 0 aliphatic carbocycles. The van der Waals surface area contributed by atoms with Crippen LogP contribution >= 0.6 is 0 Å². The van der Waals surface area contributed by atoms with Crippen LogP contribution in [0.3, 0.4) is 0 Å². The lowest BCUT2D eigenvalue weighted by molar-refractivity contribution is -0.137. The molecule has 4 aromatic carbocycles. The summed E-state index contributed by atoms with van der Waals surface area (Å²) < 4.78 is 82.7. The number of halogens is 4. The van der Waals surface area contributed by atoms with Crippen molar-refractivity contribution in [3.05, 3.63) is 130 Å². The second-order valence-corrected chi connectivity index (χ2v) is 17.9. The predicted octanol–water partition coefficient (Wildman–Crippen LogP) is 7.55. The van der Waals surface area contributed by atoms with Crippen LogP contribution in [0.15, 0.2) is 95.1 Å². The number of hydrogen-bond acceptors (Lipinski definition) is 11. The molecule has 1 unspecified atom stereocenters. The van der Waals surface area contributed by atoms with Crippen LogP contribution in [0.2, 0.25) is 0 Å². The zero-order valence-electron chi connectivity index (χ0n) is 34.3. The maximum Gasteiger partial charge on any atom is 0.417 e. The zero-order valence-corrected chi connectivity index (χ0v) is 35.2. The van der Waals surface area contributed by atoms with Gasteiger partial charge in [-0.2, -0.15) is 23.5 Å². The van der Waals surface area contributed by atoms with Gasteiger partial charge in [-0.15, -0.1) is 0 Å². The van der Waals surface area contributed by atoms with Crippen molar-refractivity contribution in [2.75, 3.05) is 34.8 Å². The third-order valence-corrected chi connectivity index (χ3v) is 13.1. The fourth-order valence-corrected chi connectivity index (χ4v) is 9.55. The Morgan fingerprint density at radius 3 is 2.37 bits per heavy atom. The summed E-state index contributed by atoms with van der Waals surface area (Å²) in [6, 6.07) is 20.4. The highest BCUT2D eigenvalue weighted by atomic mass is 32.2. The van der Waals surface area contributed by atoms with Gasteiger partial charge in [-0.1, -0.05) is 43.5 Å². The molecule has 2 aliphatic heterocycles. The fraction of sp³-hybridized carbons (Fsp3) is 0.333. The van der Waals surface area contributed by atoms with E-state index < -0.39 is 50.2 Å². The first-order valence-electron chi connectivity index (χ1n) is 20.3. The highest BCUT2D eigenvalue weighted by molar-refractivity contribution is 7.91. The average Bonchev–Trinajstić information content (AvgIpc) is 3.67. The molecule has 0 saturated carbocycles. The maximum atomic E-state index is 14.6. The van der Waals surface area contributed by atoms with Gasteiger partial charge in [0.25, 0.3) is 5.91 Å². The van der Waals surface area contributed by atoms with Crippen LogP contribution in [0.4, 0.5) is 34.6 Å². The van der Waals surface area contributed by atoms with E-state index in [2.05, 4.69) is 31.0 Å². The number of nitrogens with zero attached hydrogens (tertiary/aromatic N) is 5. The van der Waals surface area contributed by atoms with E-state index >= 15 is 0 Å². The van der Waals surface area contributed by atoms with Crippen molar-refractivity contribution in [1.29, 1.82) is 5.26 Å². The van der Waals surface area contributed by atoms with Gasteiger partial charge in [-0.05, 0) is 91.9 Å². The number of aliphatic imine (C=N–C) groups is 1. The molecule has 3 atom stereocenters. The summed E-state index contributed by atoms with van der Waals surface area (Å²) >= 11 is 0. The van der Waals surface area contributed by atoms with E-state index in [0.29, 0.717) is 34.4 Å². The van der Waals surface area contributed by atoms with Crippen LogP contribution in [0.25, 0.3) is 0 Å². The first-order valence-corrected chi connectivity index (χ1v) is 21.9. The number of benzene rings is 4. The van der Waals surface area contributed by atoms with Crippen LogP contribution in [0.5, 0.6) is 0 Å². The Balaban J connectivity index is 0.850. The number of amides is 1. The number of rotatable bonds is 16. The molecule has 7 rings (SSSR count). The molecule has 3 heterocycles. The van der Waals surface area contributed by atoms with Crippen molar-refractivity contribution >= 4 is 44.3 Å². The molecule has 18 heteroatoms. The van der Waals surface area contributed by atoms with Crippen molar-refractivity contribution in [3.8, 4) is 6.07 Å². The Morgan fingerprint density at radius 1 is 0.984 bits per heavy atom. The predicted molar refractivity (Wildman–Crippen MR) is 228 cm³/mol. The van der Waals surface area contributed by atoms with Gasteiger partial charge in [0.15, 0.2) is 21.2 Å². The smallest absolute Gasteiger partial charge is 0.385 e. The number of aromatic nitrogens is 3. The Kier molecular flexibility index (Phi) is 12.8. The Hall–Kier alpha value is -6.45. The Bertz CT molecular complexity index is 2710. The molecule has 1 amide bonds. The van der Waals surface area contributed by atoms with Crippen molar-refractivity contribution < 1.29 is 40.7 Å². The van der Waals surface area contributed by atoms with Crippen molar-refractivity contribution in [3.63, 3.8) is 0 Å². The molecule has 0 bridgehead atoms. The van der Waals surface area contributed by atoms with Gasteiger partial charge >= 0.3 is 6.18 Å². The number of sulfone groups is 1. The van der Waals surface area contributed by atoms with Crippen molar-refractivity contribution in [1.82, 2.24) is 14.8 Å². The molecule has 0 radical (unpaired) electrons. The zero-order chi connectivity index (χ0) is 45.1. The van der Waals surface area contributed by atoms with E-state index in [9.17, 15) is 40.7 Å². The minimum Gasteiger partial charge on any atom is -0.385 e. The largest absolute Gasteiger partial charge is 0.417 e. The summed E-state index contributed by atoms with van der Waals surface area (Å²) in [6.07, 6.45) is 2.11. The number of alkyl halides is 3. The Morgan fingerprint density at radius 2 is 1.68 bits per heavy atom. The number of anilines is 3. The van der Waals surface area contributed by atoms with E-state index in [-0.39, 0.29) is 34.9 Å². The molecule has 0 fully saturated rings. The third-order valence-electron chi connectivity index (χ3n) is 11.2. The normalized spacial score (nSPS) is 16.9. The first-order chi connectivity index (χ1) is 29.9. The number of carbonyl (C=O) groups is 2. The van der Waals surface area contributed by atoms with Crippen LogP contribution in [-0.2, 0) is 34.3 Å². The fourth-order valence-electron chi connectivity index (χ4n) is 7.96. The van der Waals surface area contributed by atoms with Gasteiger partial charge in [-0.3, -0.25) is 19.3 Å². The molecule has 0 spiro atoms. The minimum absolute atomic E-state index is 0.0620. The van der Waals surface area contributed by atoms with Gasteiger partial charge in [0, 0.05) is 41.8 Å². The molecule has 4 N–H and O–H groups in total. The molecule has 5 aromatic rings. The van der Waals surface area contributed by atoms with Crippen LogP contribution in [0.1, 0.15) is 95.0 Å². The standard InChI is InChI=1S/C45H44F4N8O5S/c1-44(60,43(59)55-32-16-13-29(23-50)35(22-32)45(47,48)49)25-63(61,62)33-17-9-27(10-18-33)8-6-4-3-5-7-19-51-31-14-11-28(12-15-31)40-39(42-53-26-54-57(42)2)41-38-34(37(58)24-52-41)20-30(46)21-36(38)56-40/h9-18,20-22,26,39-40,51,56,60H,3-8,19,24-25H2,1-2H3,(H,55,59)/t39-,40-,44?/m1/s1. The van der Waals surface area contributed by atoms with E-state index in [0.717, 1.165) is 80.9 Å². The average molecular weight is 885 g/mol. The Labute approximate surface area is 361 Å². The molecule has 2 aliphatic rings. The second kappa shape index (κ2) is 18.1. The first kappa shape index (κ1) is 44.6. The number of unbranched alkanes of at least 4 members (excludes halogenated alkanes) is 4. The van der Waals surface area contributed by atoms with Gasteiger partial charge in [-0.25, -0.2) is 17.8 Å². The third kappa shape index (κ3) is 9.95. The molecular formula is C45H44F4N8O5S. The van der Waals surface area contributed by atoms with Gasteiger partial charge in [0.05, 0.1) is 45.5 Å².